The number of carbonyl (C=O) groups is 1. The van der Waals surface area contributed by atoms with Gasteiger partial charge in [-0.2, -0.15) is 0 Å². The van der Waals surface area contributed by atoms with Gasteiger partial charge in [0.2, 0.25) is 0 Å². The Kier molecular flexibility index (Phi) is 5.33. The number of ether oxygens (including phenoxy) is 1. The SMILES string of the molecule is O=C(NC[C@@H]1CCCCO1)N1CCC(c2ccccc2)CC1. The first-order valence-electron chi connectivity index (χ1n) is 8.52. The van der Waals surface area contributed by atoms with Gasteiger partial charge in [-0.05, 0) is 43.6 Å². The van der Waals surface area contributed by atoms with Crippen LogP contribution < -0.4 is 5.32 Å². The summed E-state index contributed by atoms with van der Waals surface area (Å²) in [4.78, 5) is 14.2. The van der Waals surface area contributed by atoms with Gasteiger partial charge in [-0.25, -0.2) is 4.79 Å². The lowest BCUT2D eigenvalue weighted by Crippen LogP contribution is -2.46. The smallest absolute Gasteiger partial charge is 0.317 e. The highest BCUT2D eigenvalue weighted by Crippen LogP contribution is 2.27. The lowest BCUT2D eigenvalue weighted by atomic mass is 9.90. The number of hydrogen-bond acceptors (Lipinski definition) is 2. The molecule has 0 aromatic heterocycles. The normalized spacial score (nSPS) is 23.3. The van der Waals surface area contributed by atoms with Crippen molar-refractivity contribution in [2.75, 3.05) is 26.2 Å². The number of likely N-dealkylation sites (tertiary alicyclic amines) is 1. The van der Waals surface area contributed by atoms with Crippen molar-refractivity contribution < 1.29 is 9.53 Å². The third-order valence-corrected chi connectivity index (χ3v) is 4.81. The quantitative estimate of drug-likeness (QED) is 0.932. The van der Waals surface area contributed by atoms with E-state index in [1.54, 1.807) is 0 Å². The van der Waals surface area contributed by atoms with E-state index in [1.807, 2.05) is 4.90 Å². The molecule has 0 unspecified atom stereocenters. The molecule has 2 fully saturated rings. The Balaban J connectivity index is 1.41. The van der Waals surface area contributed by atoms with Crippen LogP contribution in [0, 0.1) is 0 Å². The highest BCUT2D eigenvalue weighted by molar-refractivity contribution is 5.74. The largest absolute Gasteiger partial charge is 0.376 e. The second kappa shape index (κ2) is 7.63. The molecule has 1 aromatic carbocycles. The summed E-state index contributed by atoms with van der Waals surface area (Å²) in [6.45, 7) is 3.17. The molecule has 0 aliphatic carbocycles. The maximum absolute atomic E-state index is 12.2. The Hall–Kier alpha value is -1.55. The zero-order chi connectivity index (χ0) is 15.2. The summed E-state index contributed by atoms with van der Waals surface area (Å²) in [5.74, 6) is 0.590. The lowest BCUT2D eigenvalue weighted by molar-refractivity contribution is 0.0176. The van der Waals surface area contributed by atoms with Gasteiger partial charge in [0, 0.05) is 26.2 Å². The molecule has 1 atom stereocenters. The van der Waals surface area contributed by atoms with Gasteiger partial charge in [0.25, 0.3) is 0 Å². The van der Waals surface area contributed by atoms with Crippen molar-refractivity contribution in [2.45, 2.75) is 44.1 Å². The van der Waals surface area contributed by atoms with E-state index in [2.05, 4.69) is 35.6 Å². The van der Waals surface area contributed by atoms with E-state index in [4.69, 9.17) is 4.74 Å². The summed E-state index contributed by atoms with van der Waals surface area (Å²) in [6, 6.07) is 10.7. The van der Waals surface area contributed by atoms with Crippen LogP contribution in [0.25, 0.3) is 0 Å². The molecule has 120 valence electrons. The van der Waals surface area contributed by atoms with Crippen molar-refractivity contribution in [3.8, 4) is 0 Å². The third kappa shape index (κ3) is 4.01. The molecule has 1 N–H and O–H groups in total. The maximum Gasteiger partial charge on any atom is 0.317 e. The predicted octanol–water partition coefficient (Wildman–Crippen LogP) is 3.14. The van der Waals surface area contributed by atoms with E-state index in [9.17, 15) is 4.79 Å². The molecule has 2 heterocycles. The molecular weight excluding hydrogens is 276 g/mol. The summed E-state index contributed by atoms with van der Waals surface area (Å²) in [5, 5.41) is 3.04. The molecule has 0 saturated carbocycles. The summed E-state index contributed by atoms with van der Waals surface area (Å²) in [7, 11) is 0. The Bertz CT molecular complexity index is 463. The van der Waals surface area contributed by atoms with Gasteiger partial charge in [-0.3, -0.25) is 0 Å². The van der Waals surface area contributed by atoms with Gasteiger partial charge < -0.3 is 15.0 Å². The number of nitrogens with zero attached hydrogens (tertiary/aromatic N) is 1. The maximum atomic E-state index is 12.2. The average molecular weight is 302 g/mol. The fourth-order valence-corrected chi connectivity index (χ4v) is 3.42. The molecule has 0 bridgehead atoms. The second-order valence-electron chi connectivity index (χ2n) is 6.35. The molecule has 2 aliphatic heterocycles. The number of nitrogens with one attached hydrogen (secondary N) is 1. The van der Waals surface area contributed by atoms with Gasteiger partial charge in [0.05, 0.1) is 6.10 Å². The van der Waals surface area contributed by atoms with E-state index >= 15 is 0 Å². The Morgan fingerprint density at radius 2 is 1.91 bits per heavy atom. The number of urea groups is 1. The molecule has 0 spiro atoms. The van der Waals surface area contributed by atoms with E-state index < -0.39 is 0 Å². The van der Waals surface area contributed by atoms with Crippen LogP contribution in [-0.2, 0) is 4.74 Å². The summed E-state index contributed by atoms with van der Waals surface area (Å²) < 4.78 is 5.66. The van der Waals surface area contributed by atoms with Crippen LogP contribution >= 0.6 is 0 Å². The van der Waals surface area contributed by atoms with Crippen LogP contribution in [0.5, 0.6) is 0 Å². The third-order valence-electron chi connectivity index (χ3n) is 4.81. The zero-order valence-electron chi connectivity index (χ0n) is 13.2. The highest BCUT2D eigenvalue weighted by atomic mass is 16.5. The van der Waals surface area contributed by atoms with Gasteiger partial charge in [0.15, 0.2) is 0 Å². The molecule has 4 heteroatoms. The van der Waals surface area contributed by atoms with E-state index in [0.717, 1.165) is 45.4 Å². The minimum absolute atomic E-state index is 0.0701. The summed E-state index contributed by atoms with van der Waals surface area (Å²) in [6.07, 6.45) is 5.74. The minimum Gasteiger partial charge on any atom is -0.376 e. The van der Waals surface area contributed by atoms with Crippen molar-refractivity contribution in [1.29, 1.82) is 0 Å². The van der Waals surface area contributed by atoms with Crippen LogP contribution in [0.4, 0.5) is 4.79 Å². The Morgan fingerprint density at radius 1 is 1.14 bits per heavy atom. The standard InChI is InChI=1S/C18H26N2O2/c21-18(19-14-17-8-4-5-13-22-17)20-11-9-16(10-12-20)15-6-2-1-3-7-15/h1-3,6-7,16-17H,4-5,8-14H2,(H,19,21)/t17-/m0/s1. The molecule has 2 saturated heterocycles. The first kappa shape index (κ1) is 15.3. The van der Waals surface area contributed by atoms with E-state index in [-0.39, 0.29) is 12.1 Å². The van der Waals surface area contributed by atoms with Crippen molar-refractivity contribution in [1.82, 2.24) is 10.2 Å². The van der Waals surface area contributed by atoms with Crippen LogP contribution in [0.2, 0.25) is 0 Å². The number of piperidine rings is 1. The van der Waals surface area contributed by atoms with Gasteiger partial charge in [-0.15, -0.1) is 0 Å². The summed E-state index contributed by atoms with van der Waals surface area (Å²) >= 11 is 0. The van der Waals surface area contributed by atoms with Crippen molar-refractivity contribution >= 4 is 6.03 Å². The molecular formula is C18H26N2O2. The van der Waals surface area contributed by atoms with E-state index in [0.29, 0.717) is 12.5 Å². The van der Waals surface area contributed by atoms with Crippen molar-refractivity contribution in [3.05, 3.63) is 35.9 Å². The number of rotatable bonds is 3. The fourth-order valence-electron chi connectivity index (χ4n) is 3.42. The molecule has 22 heavy (non-hydrogen) atoms. The molecule has 4 nitrogen and oxygen atoms in total. The first-order chi connectivity index (χ1) is 10.8. The molecule has 1 aromatic rings. The first-order valence-corrected chi connectivity index (χ1v) is 8.52. The molecule has 0 radical (unpaired) electrons. The number of benzene rings is 1. The topological polar surface area (TPSA) is 41.6 Å². The average Bonchev–Trinajstić information content (AvgIpc) is 2.61. The lowest BCUT2D eigenvalue weighted by Gasteiger charge is -2.33. The Morgan fingerprint density at radius 3 is 2.59 bits per heavy atom. The van der Waals surface area contributed by atoms with Crippen molar-refractivity contribution in [3.63, 3.8) is 0 Å². The van der Waals surface area contributed by atoms with Crippen LogP contribution in [0.3, 0.4) is 0 Å². The highest BCUT2D eigenvalue weighted by Gasteiger charge is 2.24. The van der Waals surface area contributed by atoms with Crippen LogP contribution in [0.1, 0.15) is 43.6 Å². The van der Waals surface area contributed by atoms with Gasteiger partial charge in [-0.1, -0.05) is 30.3 Å². The van der Waals surface area contributed by atoms with E-state index in [1.165, 1.54) is 12.0 Å². The molecule has 2 amide bonds. The van der Waals surface area contributed by atoms with Gasteiger partial charge >= 0.3 is 6.03 Å². The monoisotopic (exact) mass is 302 g/mol. The molecule has 2 aliphatic rings. The second-order valence-corrected chi connectivity index (χ2v) is 6.35. The minimum atomic E-state index is 0.0701. The fraction of sp³-hybridized carbons (Fsp3) is 0.611. The number of carbonyl (C=O) groups excluding carboxylic acids is 1. The van der Waals surface area contributed by atoms with Crippen LogP contribution in [0.15, 0.2) is 30.3 Å². The summed E-state index contributed by atoms with van der Waals surface area (Å²) in [5.41, 5.74) is 1.40. The predicted molar refractivity (Wildman–Crippen MR) is 87.0 cm³/mol. The number of amides is 2. The Labute approximate surface area is 132 Å². The van der Waals surface area contributed by atoms with Gasteiger partial charge in [0.1, 0.15) is 0 Å². The van der Waals surface area contributed by atoms with Crippen molar-refractivity contribution in [2.24, 2.45) is 0 Å². The zero-order valence-corrected chi connectivity index (χ0v) is 13.2. The molecule has 3 rings (SSSR count). The van der Waals surface area contributed by atoms with Crippen LogP contribution in [-0.4, -0.2) is 43.3 Å². The number of hydrogen-bond donors (Lipinski definition) is 1.